The number of aromatic nitrogens is 2. The molecule has 2 unspecified atom stereocenters. The Kier molecular flexibility index (Phi) is 5.89. The van der Waals surface area contributed by atoms with E-state index in [4.69, 9.17) is 9.88 Å². The van der Waals surface area contributed by atoms with Gasteiger partial charge in [0.25, 0.3) is 21.8 Å². The molecular formula is C24H25N5O5S. The van der Waals surface area contributed by atoms with E-state index in [-0.39, 0.29) is 28.7 Å². The van der Waals surface area contributed by atoms with Crippen LogP contribution >= 0.6 is 0 Å². The van der Waals surface area contributed by atoms with Crippen LogP contribution in [0.1, 0.15) is 27.8 Å². The molecule has 3 aromatic rings. The van der Waals surface area contributed by atoms with Crippen LogP contribution in [0.5, 0.6) is 5.75 Å². The van der Waals surface area contributed by atoms with E-state index in [9.17, 15) is 18.0 Å². The Bertz CT molecular complexity index is 1400. The predicted octanol–water partition coefficient (Wildman–Crippen LogP) is 1.52. The lowest BCUT2D eigenvalue weighted by Crippen LogP contribution is -2.36. The summed E-state index contributed by atoms with van der Waals surface area (Å²) in [5, 5.41) is 5.65. The zero-order valence-electron chi connectivity index (χ0n) is 19.1. The molecule has 4 heterocycles. The number of sulfonamides is 1. The molecule has 10 nitrogen and oxygen atoms in total. The molecule has 0 spiro atoms. The molecule has 1 aromatic carbocycles. The molecule has 5 rings (SSSR count). The van der Waals surface area contributed by atoms with E-state index in [1.54, 1.807) is 15.9 Å². The van der Waals surface area contributed by atoms with Gasteiger partial charge in [-0.1, -0.05) is 12.1 Å². The summed E-state index contributed by atoms with van der Waals surface area (Å²) in [5.41, 5.74) is 1.36. The minimum atomic E-state index is -3.92. The molecule has 0 bridgehead atoms. The second-order valence-electron chi connectivity index (χ2n) is 8.83. The van der Waals surface area contributed by atoms with Crippen LogP contribution in [-0.4, -0.2) is 72.8 Å². The Morgan fingerprint density at radius 3 is 2.29 bits per heavy atom. The van der Waals surface area contributed by atoms with Crippen molar-refractivity contribution in [1.29, 1.82) is 0 Å². The Hall–Kier alpha value is -3.57. The number of para-hydroxylation sites is 1. The zero-order chi connectivity index (χ0) is 24.7. The molecule has 0 radical (unpaired) electrons. The van der Waals surface area contributed by atoms with Gasteiger partial charge in [0, 0.05) is 55.7 Å². The van der Waals surface area contributed by atoms with Crippen LogP contribution in [0.25, 0.3) is 10.9 Å². The van der Waals surface area contributed by atoms with Gasteiger partial charge in [0.05, 0.1) is 17.7 Å². The smallest absolute Gasteiger partial charge is 0.272 e. The van der Waals surface area contributed by atoms with Crippen molar-refractivity contribution >= 4 is 32.7 Å². The van der Waals surface area contributed by atoms with Crippen molar-refractivity contribution in [2.45, 2.75) is 11.9 Å². The first-order valence-corrected chi connectivity index (χ1v) is 12.9. The van der Waals surface area contributed by atoms with Crippen LogP contribution in [-0.2, 0) is 10.0 Å². The van der Waals surface area contributed by atoms with Crippen LogP contribution in [0.2, 0.25) is 0 Å². The van der Waals surface area contributed by atoms with Gasteiger partial charge < -0.3 is 14.5 Å². The van der Waals surface area contributed by atoms with Crippen molar-refractivity contribution in [3.63, 3.8) is 0 Å². The summed E-state index contributed by atoms with van der Waals surface area (Å²) in [6, 6.07) is 11.9. The van der Waals surface area contributed by atoms with Gasteiger partial charge in [-0.05, 0) is 31.2 Å². The minimum Gasteiger partial charge on any atom is -0.493 e. The molecule has 35 heavy (non-hydrogen) atoms. The highest BCUT2D eigenvalue weighted by atomic mass is 32.2. The monoisotopic (exact) mass is 495 g/mol. The molecule has 11 heteroatoms. The maximum atomic E-state index is 13.3. The number of rotatable bonds is 5. The first-order chi connectivity index (χ1) is 16.7. The van der Waals surface area contributed by atoms with Gasteiger partial charge in [-0.15, -0.1) is 0 Å². The van der Waals surface area contributed by atoms with Crippen molar-refractivity contribution in [2.24, 2.45) is 17.0 Å². The molecule has 2 aromatic heterocycles. The third-order valence-electron chi connectivity index (χ3n) is 6.53. The summed E-state index contributed by atoms with van der Waals surface area (Å²) >= 11 is 0. The number of nitrogens with zero attached hydrogens (tertiary/aromatic N) is 4. The second-order valence-corrected chi connectivity index (χ2v) is 10.3. The van der Waals surface area contributed by atoms with Crippen molar-refractivity contribution in [2.75, 3.05) is 32.8 Å². The van der Waals surface area contributed by atoms with E-state index in [0.717, 1.165) is 5.39 Å². The van der Waals surface area contributed by atoms with Crippen molar-refractivity contribution in [1.82, 2.24) is 19.8 Å². The van der Waals surface area contributed by atoms with Gasteiger partial charge >= 0.3 is 0 Å². The van der Waals surface area contributed by atoms with Gasteiger partial charge in [0.2, 0.25) is 0 Å². The van der Waals surface area contributed by atoms with Crippen molar-refractivity contribution in [3.8, 4) is 5.75 Å². The first kappa shape index (κ1) is 23.2. The number of carbonyl (C=O) groups excluding carboxylic acids is 2. The number of amides is 2. The molecule has 2 aliphatic heterocycles. The average molecular weight is 496 g/mol. The number of fused-ring (bicyclic) bond motifs is 2. The molecule has 182 valence electrons. The third kappa shape index (κ3) is 4.44. The summed E-state index contributed by atoms with van der Waals surface area (Å²) in [7, 11) is -3.92. The molecule has 2 saturated heterocycles. The van der Waals surface area contributed by atoms with Gasteiger partial charge in [0.1, 0.15) is 11.4 Å². The molecule has 2 amide bonds. The summed E-state index contributed by atoms with van der Waals surface area (Å²) in [4.78, 5) is 38.1. The number of nitrogens with two attached hydrogens (primary N) is 1. The van der Waals surface area contributed by atoms with Gasteiger partial charge in [-0.25, -0.2) is 23.5 Å². The third-order valence-corrected chi connectivity index (χ3v) is 7.36. The lowest BCUT2D eigenvalue weighted by Gasteiger charge is -2.22. The highest BCUT2D eigenvalue weighted by Crippen LogP contribution is 2.33. The Morgan fingerprint density at radius 1 is 1.03 bits per heavy atom. The quantitative estimate of drug-likeness (QED) is 0.567. The van der Waals surface area contributed by atoms with E-state index in [2.05, 4.69) is 9.97 Å². The highest BCUT2D eigenvalue weighted by molar-refractivity contribution is 7.89. The highest BCUT2D eigenvalue weighted by Gasteiger charge is 2.43. The lowest BCUT2D eigenvalue weighted by atomic mass is 10.0. The number of primary sulfonamides is 1. The van der Waals surface area contributed by atoms with E-state index in [0.29, 0.717) is 55.3 Å². The molecule has 0 aliphatic carbocycles. The molecular weight excluding hydrogens is 470 g/mol. The Balaban J connectivity index is 1.27. The van der Waals surface area contributed by atoms with Gasteiger partial charge in [-0.2, -0.15) is 0 Å². The van der Waals surface area contributed by atoms with Gasteiger partial charge in [0.15, 0.2) is 5.03 Å². The van der Waals surface area contributed by atoms with Gasteiger partial charge in [-0.3, -0.25) is 9.59 Å². The summed E-state index contributed by atoms with van der Waals surface area (Å²) in [6.45, 7) is 4.48. The number of benzene rings is 1. The van der Waals surface area contributed by atoms with Crippen LogP contribution in [0.3, 0.4) is 0 Å². The van der Waals surface area contributed by atoms with Crippen LogP contribution < -0.4 is 9.88 Å². The maximum absolute atomic E-state index is 13.3. The second kappa shape index (κ2) is 8.90. The fraction of sp³-hybridized carbons (Fsp3) is 0.333. The number of carbonyl (C=O) groups is 2. The molecule has 2 fully saturated rings. The number of hydrogen-bond donors (Lipinski definition) is 1. The largest absolute Gasteiger partial charge is 0.493 e. The van der Waals surface area contributed by atoms with Crippen molar-refractivity contribution in [3.05, 3.63) is 59.9 Å². The summed E-state index contributed by atoms with van der Waals surface area (Å²) in [6.07, 6.45) is 1.23. The lowest BCUT2D eigenvalue weighted by molar-refractivity contribution is 0.0735. The maximum Gasteiger partial charge on any atom is 0.272 e. The normalized spacial score (nSPS) is 19.7. The minimum absolute atomic E-state index is 0.147. The predicted molar refractivity (Wildman–Crippen MR) is 127 cm³/mol. The number of pyridine rings is 2. The van der Waals surface area contributed by atoms with E-state index in [1.807, 2.05) is 31.2 Å². The Labute approximate surface area is 202 Å². The molecule has 0 saturated carbocycles. The fourth-order valence-corrected chi connectivity index (χ4v) is 5.33. The van der Waals surface area contributed by atoms with Crippen molar-refractivity contribution < 1.29 is 22.7 Å². The topological polar surface area (TPSA) is 136 Å². The van der Waals surface area contributed by atoms with E-state index < -0.39 is 10.0 Å². The van der Waals surface area contributed by atoms with E-state index >= 15 is 0 Å². The Morgan fingerprint density at radius 2 is 1.69 bits per heavy atom. The summed E-state index contributed by atoms with van der Waals surface area (Å²) in [5.74, 6) is 0.590. The molecule has 2 atom stereocenters. The molecule has 2 N–H and O–H groups in total. The first-order valence-electron chi connectivity index (χ1n) is 11.3. The zero-order valence-corrected chi connectivity index (χ0v) is 19.9. The number of likely N-dealkylation sites (tertiary alicyclic amines) is 2. The SMILES string of the molecule is CCOc1cc(C(=O)N2CC3CN(C(=O)c4ccc(S(N)(=O)=O)nc4)CC3C2)nc2ccccc12. The number of hydrogen-bond acceptors (Lipinski definition) is 7. The fourth-order valence-electron chi connectivity index (χ4n) is 4.87. The van der Waals surface area contributed by atoms with E-state index in [1.165, 1.54) is 18.3 Å². The van der Waals surface area contributed by atoms with Crippen LogP contribution in [0.15, 0.2) is 53.7 Å². The average Bonchev–Trinajstić information content (AvgIpc) is 3.42. The standard InChI is InChI=1S/C24H25N5O5S/c1-2-34-21-9-20(27-19-6-4-3-5-18(19)21)24(31)29-13-16-11-28(12-17(16)14-29)23(30)15-7-8-22(26-10-15)35(25,32)33/h3-10,16-17H,2,11-14H2,1H3,(H2,25,32,33). The van der Waals surface area contributed by atoms with Crippen LogP contribution in [0, 0.1) is 11.8 Å². The van der Waals surface area contributed by atoms with Crippen LogP contribution in [0.4, 0.5) is 0 Å². The summed E-state index contributed by atoms with van der Waals surface area (Å²) < 4.78 is 28.5. The molecule has 2 aliphatic rings. The number of ether oxygens (including phenoxy) is 1.